The Kier molecular flexibility index (Phi) is 2.84. The summed E-state index contributed by atoms with van der Waals surface area (Å²) in [6.07, 6.45) is 5.97. The first-order valence-electron chi connectivity index (χ1n) is 7.70. The molecule has 4 rings (SSSR count). The highest BCUT2D eigenvalue weighted by Gasteiger charge is 2.24. The molecule has 0 unspecified atom stereocenters. The van der Waals surface area contributed by atoms with Crippen LogP contribution in [-0.2, 0) is 13.0 Å². The van der Waals surface area contributed by atoms with E-state index in [1.165, 1.54) is 12.0 Å². The summed E-state index contributed by atoms with van der Waals surface area (Å²) in [5.41, 5.74) is 2.45. The molecule has 0 bridgehead atoms. The van der Waals surface area contributed by atoms with E-state index in [0.717, 1.165) is 44.4 Å². The van der Waals surface area contributed by atoms with Gasteiger partial charge in [-0.05, 0) is 37.3 Å². The number of hydrogen-bond donors (Lipinski definition) is 0. The molecule has 0 atom stereocenters. The van der Waals surface area contributed by atoms with Crippen molar-refractivity contribution in [1.82, 2.24) is 9.47 Å². The Labute approximate surface area is 123 Å². The largest absolute Gasteiger partial charge is 0.346 e. The number of amides is 1. The Morgan fingerprint density at radius 3 is 2.67 bits per heavy atom. The van der Waals surface area contributed by atoms with Crippen LogP contribution in [-0.4, -0.2) is 28.5 Å². The number of likely N-dealkylation sites (tertiary alicyclic amines) is 1. The fourth-order valence-corrected chi connectivity index (χ4v) is 3.58. The summed E-state index contributed by atoms with van der Waals surface area (Å²) >= 11 is 0. The number of para-hydroxylation sites is 1. The molecule has 21 heavy (non-hydrogen) atoms. The zero-order valence-corrected chi connectivity index (χ0v) is 12.0. The third-order valence-corrected chi connectivity index (χ3v) is 4.68. The molecular formula is C17H18N2O2. The first-order valence-corrected chi connectivity index (χ1v) is 7.70. The number of nitrogens with zero attached hydrogens (tertiary/aromatic N) is 2. The van der Waals surface area contributed by atoms with Crippen LogP contribution < -0.4 is 5.43 Å². The first kappa shape index (κ1) is 12.6. The van der Waals surface area contributed by atoms with Gasteiger partial charge in [-0.3, -0.25) is 9.59 Å². The molecule has 1 fully saturated rings. The van der Waals surface area contributed by atoms with Gasteiger partial charge in [-0.15, -0.1) is 0 Å². The molecule has 1 aromatic heterocycles. The molecule has 2 aliphatic heterocycles. The van der Waals surface area contributed by atoms with E-state index in [9.17, 15) is 9.59 Å². The summed E-state index contributed by atoms with van der Waals surface area (Å²) in [6.45, 7) is 2.41. The molecule has 4 heteroatoms. The van der Waals surface area contributed by atoms with Crippen molar-refractivity contribution in [2.24, 2.45) is 0 Å². The average molecular weight is 282 g/mol. The maximum absolute atomic E-state index is 12.7. The molecule has 1 amide bonds. The molecule has 108 valence electrons. The molecular weight excluding hydrogens is 264 g/mol. The minimum absolute atomic E-state index is 0.0948. The van der Waals surface area contributed by atoms with Crippen LogP contribution in [0.25, 0.3) is 10.9 Å². The summed E-state index contributed by atoms with van der Waals surface area (Å²) in [5.74, 6) is -0.0948. The summed E-state index contributed by atoms with van der Waals surface area (Å²) < 4.78 is 2.07. The molecule has 0 N–H and O–H groups in total. The van der Waals surface area contributed by atoms with E-state index in [4.69, 9.17) is 0 Å². The van der Waals surface area contributed by atoms with Gasteiger partial charge in [-0.2, -0.15) is 0 Å². The monoisotopic (exact) mass is 282 g/mol. The summed E-state index contributed by atoms with van der Waals surface area (Å²) in [7, 11) is 0. The molecule has 0 radical (unpaired) electrons. The van der Waals surface area contributed by atoms with Crippen molar-refractivity contribution < 1.29 is 4.79 Å². The highest BCUT2D eigenvalue weighted by molar-refractivity contribution is 5.98. The van der Waals surface area contributed by atoms with Crippen LogP contribution in [0.2, 0.25) is 0 Å². The van der Waals surface area contributed by atoms with Crippen molar-refractivity contribution in [1.29, 1.82) is 0 Å². The average Bonchev–Trinajstić information content (AvgIpc) is 2.95. The minimum Gasteiger partial charge on any atom is -0.346 e. The lowest BCUT2D eigenvalue weighted by Gasteiger charge is -2.26. The molecule has 1 aromatic carbocycles. The third kappa shape index (κ3) is 1.89. The molecule has 4 nitrogen and oxygen atoms in total. The predicted octanol–water partition coefficient (Wildman–Crippen LogP) is 2.18. The minimum atomic E-state index is -0.111. The summed E-state index contributed by atoms with van der Waals surface area (Å²) in [5, 5.41) is 0.688. The predicted molar refractivity (Wildman–Crippen MR) is 81.7 cm³/mol. The normalized spacial score (nSPS) is 17.4. The number of benzene rings is 1. The van der Waals surface area contributed by atoms with Crippen molar-refractivity contribution in [3.05, 3.63) is 45.7 Å². The van der Waals surface area contributed by atoms with Gasteiger partial charge < -0.3 is 9.47 Å². The van der Waals surface area contributed by atoms with Gasteiger partial charge in [0.15, 0.2) is 0 Å². The van der Waals surface area contributed by atoms with Gasteiger partial charge in [0.1, 0.15) is 5.56 Å². The third-order valence-electron chi connectivity index (χ3n) is 4.68. The maximum atomic E-state index is 12.7. The van der Waals surface area contributed by atoms with Gasteiger partial charge in [-0.1, -0.05) is 12.1 Å². The fourth-order valence-electron chi connectivity index (χ4n) is 3.58. The Morgan fingerprint density at radius 1 is 1.05 bits per heavy atom. The van der Waals surface area contributed by atoms with Crippen molar-refractivity contribution in [2.75, 3.05) is 13.1 Å². The van der Waals surface area contributed by atoms with Crippen LogP contribution >= 0.6 is 0 Å². The van der Waals surface area contributed by atoms with E-state index in [-0.39, 0.29) is 11.3 Å². The highest BCUT2D eigenvalue weighted by Crippen LogP contribution is 2.24. The van der Waals surface area contributed by atoms with E-state index in [0.29, 0.717) is 10.9 Å². The molecule has 2 aliphatic rings. The van der Waals surface area contributed by atoms with Crippen LogP contribution in [0.3, 0.4) is 0 Å². The van der Waals surface area contributed by atoms with Crippen LogP contribution in [0.1, 0.15) is 35.2 Å². The van der Waals surface area contributed by atoms with E-state index >= 15 is 0 Å². The lowest BCUT2D eigenvalue weighted by Crippen LogP contribution is -2.38. The van der Waals surface area contributed by atoms with Crippen LogP contribution in [0.15, 0.2) is 29.2 Å². The van der Waals surface area contributed by atoms with Crippen LogP contribution in [0.5, 0.6) is 0 Å². The Balaban J connectivity index is 1.86. The van der Waals surface area contributed by atoms with Gasteiger partial charge in [0.25, 0.3) is 5.91 Å². The summed E-state index contributed by atoms with van der Waals surface area (Å²) in [6, 6.07) is 5.83. The van der Waals surface area contributed by atoms with Gasteiger partial charge in [0.2, 0.25) is 5.43 Å². The Bertz CT molecular complexity index is 785. The number of aryl methyl sites for hydroxylation is 2. The van der Waals surface area contributed by atoms with Crippen molar-refractivity contribution >= 4 is 16.8 Å². The number of aromatic nitrogens is 1. The van der Waals surface area contributed by atoms with Crippen molar-refractivity contribution in [3.8, 4) is 0 Å². The number of carbonyl (C=O) groups is 1. The molecule has 2 aromatic rings. The van der Waals surface area contributed by atoms with Crippen LogP contribution in [0.4, 0.5) is 0 Å². The SMILES string of the molecule is O=C(c1cn2c3c(cccc3c1=O)CC2)N1CCCCC1. The fraction of sp³-hybridized carbons (Fsp3) is 0.412. The number of piperidine rings is 1. The summed E-state index contributed by atoms with van der Waals surface area (Å²) in [4.78, 5) is 27.2. The number of rotatable bonds is 1. The number of carbonyl (C=O) groups excluding carboxylic acids is 1. The van der Waals surface area contributed by atoms with Gasteiger partial charge >= 0.3 is 0 Å². The maximum Gasteiger partial charge on any atom is 0.259 e. The zero-order valence-electron chi connectivity index (χ0n) is 12.0. The van der Waals surface area contributed by atoms with E-state index in [1.54, 1.807) is 6.20 Å². The molecule has 0 saturated carbocycles. The van der Waals surface area contributed by atoms with Crippen molar-refractivity contribution in [3.63, 3.8) is 0 Å². The quantitative estimate of drug-likeness (QED) is 0.804. The second kappa shape index (κ2) is 4.72. The second-order valence-corrected chi connectivity index (χ2v) is 5.98. The van der Waals surface area contributed by atoms with Gasteiger partial charge in [0.05, 0.1) is 5.52 Å². The molecule has 3 heterocycles. The molecule has 0 spiro atoms. The Morgan fingerprint density at radius 2 is 1.86 bits per heavy atom. The lowest BCUT2D eigenvalue weighted by molar-refractivity contribution is 0.0722. The molecule has 1 saturated heterocycles. The van der Waals surface area contributed by atoms with Crippen molar-refractivity contribution in [2.45, 2.75) is 32.2 Å². The lowest BCUT2D eigenvalue weighted by atomic mass is 10.1. The highest BCUT2D eigenvalue weighted by atomic mass is 16.2. The van der Waals surface area contributed by atoms with E-state index < -0.39 is 0 Å². The number of hydrogen-bond acceptors (Lipinski definition) is 2. The number of pyridine rings is 1. The smallest absolute Gasteiger partial charge is 0.259 e. The second-order valence-electron chi connectivity index (χ2n) is 5.98. The standard InChI is InChI=1S/C17H18N2O2/c20-16-13-6-4-5-12-7-10-19(15(12)13)11-14(16)17(21)18-8-2-1-3-9-18/h4-6,11H,1-3,7-10H2. The van der Waals surface area contributed by atoms with Crippen LogP contribution in [0, 0.1) is 0 Å². The van der Waals surface area contributed by atoms with E-state index in [2.05, 4.69) is 10.6 Å². The van der Waals surface area contributed by atoms with Gasteiger partial charge in [0, 0.05) is 31.2 Å². The van der Waals surface area contributed by atoms with Gasteiger partial charge in [-0.25, -0.2) is 0 Å². The Hall–Kier alpha value is -2.10. The first-order chi connectivity index (χ1) is 10.3. The zero-order chi connectivity index (χ0) is 14.4. The molecule has 0 aliphatic carbocycles. The topological polar surface area (TPSA) is 42.3 Å². The van der Waals surface area contributed by atoms with E-state index in [1.807, 2.05) is 17.0 Å².